The summed E-state index contributed by atoms with van der Waals surface area (Å²) in [4.78, 5) is 0. The second-order valence-electron chi connectivity index (χ2n) is 4.74. The van der Waals surface area contributed by atoms with Crippen LogP contribution >= 0.6 is 0 Å². The summed E-state index contributed by atoms with van der Waals surface area (Å²) in [6.45, 7) is 0.602. The van der Waals surface area contributed by atoms with Gasteiger partial charge in [0.05, 0.1) is 6.54 Å². The van der Waals surface area contributed by atoms with E-state index in [1.165, 1.54) is 18.2 Å². The van der Waals surface area contributed by atoms with Crippen LogP contribution in [-0.2, 0) is 13.1 Å². The molecule has 0 saturated heterocycles. The fourth-order valence-corrected chi connectivity index (χ4v) is 2.35. The molecule has 2 N–H and O–H groups in total. The number of benzene rings is 2. The molecule has 0 atom stereocenters. The summed E-state index contributed by atoms with van der Waals surface area (Å²) in [6, 6.07) is 11.7. The van der Waals surface area contributed by atoms with Crippen LogP contribution in [0.4, 0.5) is 8.78 Å². The number of aromatic nitrogens is 1. The highest BCUT2D eigenvalue weighted by Crippen LogP contribution is 2.21. The molecule has 0 aliphatic heterocycles. The van der Waals surface area contributed by atoms with Crippen LogP contribution in [0.25, 0.3) is 10.9 Å². The zero-order valence-electron chi connectivity index (χ0n) is 10.8. The van der Waals surface area contributed by atoms with E-state index in [2.05, 4.69) is 0 Å². The average molecular weight is 272 g/mol. The topological polar surface area (TPSA) is 30.9 Å². The number of hydrogen-bond acceptors (Lipinski definition) is 1. The minimum absolute atomic E-state index is 0.0724. The molecule has 2 aromatic carbocycles. The number of halogens is 2. The van der Waals surface area contributed by atoms with Gasteiger partial charge in [0.25, 0.3) is 0 Å². The van der Waals surface area contributed by atoms with Crippen LogP contribution in [0.5, 0.6) is 0 Å². The molecule has 1 heterocycles. The van der Waals surface area contributed by atoms with Crippen molar-refractivity contribution in [1.82, 2.24) is 4.57 Å². The monoisotopic (exact) mass is 272 g/mol. The third kappa shape index (κ3) is 2.18. The highest BCUT2D eigenvalue weighted by atomic mass is 19.1. The quantitative estimate of drug-likeness (QED) is 0.778. The van der Waals surface area contributed by atoms with Gasteiger partial charge in [0.1, 0.15) is 11.6 Å². The van der Waals surface area contributed by atoms with E-state index in [-0.39, 0.29) is 12.1 Å². The average Bonchev–Trinajstić information content (AvgIpc) is 2.85. The lowest BCUT2D eigenvalue weighted by Gasteiger charge is -2.08. The van der Waals surface area contributed by atoms with Gasteiger partial charge in [-0.15, -0.1) is 0 Å². The van der Waals surface area contributed by atoms with Gasteiger partial charge in [-0.2, -0.15) is 0 Å². The Balaban J connectivity index is 2.06. The molecule has 0 bridgehead atoms. The van der Waals surface area contributed by atoms with E-state index in [0.717, 1.165) is 16.5 Å². The van der Waals surface area contributed by atoms with Crippen molar-refractivity contribution in [2.75, 3.05) is 0 Å². The molecule has 4 heteroatoms. The lowest BCUT2D eigenvalue weighted by molar-refractivity contribution is 0.547. The highest BCUT2D eigenvalue weighted by Gasteiger charge is 2.10. The molecule has 0 spiro atoms. The van der Waals surface area contributed by atoms with Crippen molar-refractivity contribution in [3.05, 3.63) is 71.4 Å². The second-order valence-corrected chi connectivity index (χ2v) is 4.74. The smallest absolute Gasteiger partial charge is 0.131 e. The maximum absolute atomic E-state index is 13.7. The maximum Gasteiger partial charge on any atom is 0.131 e. The largest absolute Gasteiger partial charge is 0.343 e. The fraction of sp³-hybridized carbons (Fsp3) is 0.125. The number of fused-ring (bicyclic) bond motifs is 1. The summed E-state index contributed by atoms with van der Waals surface area (Å²) in [6.07, 6.45) is 1.83. The Hall–Kier alpha value is -2.20. The van der Waals surface area contributed by atoms with E-state index in [4.69, 9.17) is 5.73 Å². The van der Waals surface area contributed by atoms with Crippen LogP contribution in [0.15, 0.2) is 48.7 Å². The molecule has 2 nitrogen and oxygen atoms in total. The van der Waals surface area contributed by atoms with Gasteiger partial charge < -0.3 is 10.3 Å². The number of rotatable bonds is 3. The maximum atomic E-state index is 13.7. The van der Waals surface area contributed by atoms with Crippen molar-refractivity contribution >= 4 is 10.9 Å². The van der Waals surface area contributed by atoms with Gasteiger partial charge in [0.2, 0.25) is 0 Å². The molecular formula is C16H14F2N2. The lowest BCUT2D eigenvalue weighted by atomic mass is 10.1. The summed E-state index contributed by atoms with van der Waals surface area (Å²) in [5, 5.41) is 1.03. The number of hydrogen-bond donors (Lipinski definition) is 1. The predicted octanol–water partition coefficient (Wildman–Crippen LogP) is 3.43. The molecule has 0 fully saturated rings. The molecule has 102 valence electrons. The minimum Gasteiger partial charge on any atom is -0.343 e. The van der Waals surface area contributed by atoms with Crippen LogP contribution in [0.1, 0.15) is 11.1 Å². The number of nitrogens with two attached hydrogens (primary N) is 1. The van der Waals surface area contributed by atoms with E-state index in [0.29, 0.717) is 6.54 Å². The van der Waals surface area contributed by atoms with Crippen molar-refractivity contribution in [2.45, 2.75) is 13.1 Å². The van der Waals surface area contributed by atoms with E-state index in [1.807, 2.05) is 35.0 Å². The first-order valence-corrected chi connectivity index (χ1v) is 6.40. The third-order valence-electron chi connectivity index (χ3n) is 3.46. The molecule has 0 unspecified atom stereocenters. The Labute approximate surface area is 115 Å². The number of nitrogens with zero attached hydrogens (tertiary/aromatic N) is 1. The summed E-state index contributed by atoms with van der Waals surface area (Å²) < 4.78 is 29.3. The normalized spacial score (nSPS) is 11.2. The SMILES string of the molecule is NCc1ccc2ccn(Cc3c(F)cccc3F)c2c1. The molecular weight excluding hydrogens is 258 g/mol. The Bertz CT molecular complexity index is 742. The van der Waals surface area contributed by atoms with E-state index >= 15 is 0 Å². The summed E-state index contributed by atoms with van der Waals surface area (Å²) >= 11 is 0. The third-order valence-corrected chi connectivity index (χ3v) is 3.46. The molecule has 0 radical (unpaired) electrons. The van der Waals surface area contributed by atoms with Crippen molar-refractivity contribution in [2.24, 2.45) is 5.73 Å². The first kappa shape index (κ1) is 12.8. The van der Waals surface area contributed by atoms with Crippen LogP contribution < -0.4 is 5.73 Å². The molecule has 0 amide bonds. The Morgan fingerprint density at radius 3 is 2.45 bits per heavy atom. The molecule has 0 aliphatic rings. The van der Waals surface area contributed by atoms with Gasteiger partial charge in [-0.25, -0.2) is 8.78 Å². The molecule has 1 aromatic heterocycles. The van der Waals surface area contributed by atoms with Crippen LogP contribution in [-0.4, -0.2) is 4.57 Å². The van der Waals surface area contributed by atoms with Gasteiger partial charge >= 0.3 is 0 Å². The van der Waals surface area contributed by atoms with Crippen molar-refractivity contribution in [1.29, 1.82) is 0 Å². The summed E-state index contributed by atoms with van der Waals surface area (Å²) in [7, 11) is 0. The van der Waals surface area contributed by atoms with E-state index in [1.54, 1.807) is 0 Å². The summed E-state index contributed by atoms with van der Waals surface area (Å²) in [5.74, 6) is -1.05. The molecule has 3 rings (SSSR count). The van der Waals surface area contributed by atoms with E-state index < -0.39 is 11.6 Å². The van der Waals surface area contributed by atoms with Crippen LogP contribution in [0, 0.1) is 11.6 Å². The van der Waals surface area contributed by atoms with Crippen molar-refractivity contribution < 1.29 is 8.78 Å². The van der Waals surface area contributed by atoms with Gasteiger partial charge in [0, 0.05) is 23.8 Å². The van der Waals surface area contributed by atoms with Gasteiger partial charge in [-0.1, -0.05) is 18.2 Å². The Kier molecular flexibility index (Phi) is 3.24. The molecule has 20 heavy (non-hydrogen) atoms. The first-order valence-electron chi connectivity index (χ1n) is 6.40. The zero-order valence-corrected chi connectivity index (χ0v) is 10.8. The van der Waals surface area contributed by atoms with Gasteiger partial charge in [-0.05, 0) is 35.2 Å². The highest BCUT2D eigenvalue weighted by molar-refractivity contribution is 5.81. The van der Waals surface area contributed by atoms with Gasteiger partial charge in [-0.3, -0.25) is 0 Å². The van der Waals surface area contributed by atoms with E-state index in [9.17, 15) is 8.78 Å². The second kappa shape index (κ2) is 5.06. The molecule has 0 aliphatic carbocycles. The van der Waals surface area contributed by atoms with Crippen molar-refractivity contribution in [3.63, 3.8) is 0 Å². The zero-order chi connectivity index (χ0) is 14.1. The fourth-order valence-electron chi connectivity index (χ4n) is 2.35. The van der Waals surface area contributed by atoms with Crippen LogP contribution in [0.2, 0.25) is 0 Å². The van der Waals surface area contributed by atoms with Crippen LogP contribution in [0.3, 0.4) is 0 Å². The van der Waals surface area contributed by atoms with Gasteiger partial charge in [0.15, 0.2) is 0 Å². The lowest BCUT2D eigenvalue weighted by Crippen LogP contribution is -2.04. The first-order chi connectivity index (χ1) is 9.69. The van der Waals surface area contributed by atoms with Crippen molar-refractivity contribution in [3.8, 4) is 0 Å². The predicted molar refractivity (Wildman–Crippen MR) is 75.3 cm³/mol. The summed E-state index contributed by atoms with van der Waals surface area (Å²) in [5.41, 5.74) is 7.62. The molecule has 0 saturated carbocycles. The minimum atomic E-state index is -0.526. The standard InChI is InChI=1S/C16H14F2N2/c17-14-2-1-3-15(18)13(14)10-20-7-6-12-5-4-11(9-19)8-16(12)20/h1-8H,9-10,19H2. The Morgan fingerprint density at radius 1 is 1.00 bits per heavy atom. The Morgan fingerprint density at radius 2 is 1.75 bits per heavy atom. The molecule has 3 aromatic rings.